The van der Waals surface area contributed by atoms with Crippen LogP contribution in [-0.2, 0) is 11.1 Å². The number of hydrogen-bond acceptors (Lipinski definition) is 2. The first-order chi connectivity index (χ1) is 9.25. The highest BCUT2D eigenvalue weighted by Crippen LogP contribution is 2.36. The Kier molecular flexibility index (Phi) is 3.63. The van der Waals surface area contributed by atoms with Crippen LogP contribution in [0.25, 0.3) is 0 Å². The maximum Gasteiger partial charge on any atom is 0.123 e. The molecule has 2 atom stereocenters. The smallest absolute Gasteiger partial charge is 0.123 e. The molecule has 0 heterocycles. The molecular weight excluding hydrogens is 258 g/mol. The Bertz CT molecular complexity index is 531. The van der Waals surface area contributed by atoms with E-state index in [1.165, 1.54) is 24.3 Å². The predicted molar refractivity (Wildman–Crippen MR) is 75.9 cm³/mol. The summed E-state index contributed by atoms with van der Waals surface area (Å²) >= 11 is 0. The Morgan fingerprint density at radius 1 is 0.650 bits per heavy atom. The molecule has 106 valence electrons. The number of halogens is 2. The van der Waals surface area contributed by atoms with E-state index >= 15 is 0 Å². The van der Waals surface area contributed by atoms with Crippen LogP contribution in [-0.4, -0.2) is 0 Å². The largest absolute Gasteiger partial charge is 0.320 e. The lowest BCUT2D eigenvalue weighted by Gasteiger charge is -2.42. The molecule has 20 heavy (non-hydrogen) atoms. The summed E-state index contributed by atoms with van der Waals surface area (Å²) < 4.78 is 26.1. The highest BCUT2D eigenvalue weighted by molar-refractivity contribution is 5.35. The van der Waals surface area contributed by atoms with Gasteiger partial charge in [0.05, 0.1) is 11.1 Å². The minimum atomic E-state index is -0.932. The number of rotatable bonds is 3. The van der Waals surface area contributed by atoms with Gasteiger partial charge < -0.3 is 11.5 Å². The van der Waals surface area contributed by atoms with Crippen molar-refractivity contribution in [3.8, 4) is 0 Å². The van der Waals surface area contributed by atoms with Crippen LogP contribution in [0.4, 0.5) is 8.78 Å². The summed E-state index contributed by atoms with van der Waals surface area (Å²) in [5.41, 5.74) is 12.4. The lowest BCUT2D eigenvalue weighted by atomic mass is 9.72. The van der Waals surface area contributed by atoms with Crippen molar-refractivity contribution in [3.63, 3.8) is 0 Å². The molecule has 0 aliphatic rings. The molecule has 0 fully saturated rings. The second-order valence-corrected chi connectivity index (χ2v) is 5.42. The zero-order chi connectivity index (χ0) is 15.0. The monoisotopic (exact) mass is 276 g/mol. The molecule has 4 heteroatoms. The third kappa shape index (κ3) is 2.44. The van der Waals surface area contributed by atoms with Gasteiger partial charge in [0, 0.05) is 0 Å². The van der Waals surface area contributed by atoms with Gasteiger partial charge in [-0.15, -0.1) is 0 Å². The second-order valence-electron chi connectivity index (χ2n) is 5.42. The van der Waals surface area contributed by atoms with Crippen molar-refractivity contribution < 1.29 is 8.78 Å². The lowest BCUT2D eigenvalue weighted by Crippen LogP contribution is -2.57. The topological polar surface area (TPSA) is 52.0 Å². The highest BCUT2D eigenvalue weighted by Gasteiger charge is 2.41. The first-order valence-electron chi connectivity index (χ1n) is 6.35. The Labute approximate surface area is 117 Å². The van der Waals surface area contributed by atoms with E-state index in [1.807, 2.05) is 0 Å². The molecule has 0 spiro atoms. The van der Waals surface area contributed by atoms with Crippen molar-refractivity contribution in [2.45, 2.75) is 24.9 Å². The van der Waals surface area contributed by atoms with Crippen molar-refractivity contribution in [3.05, 3.63) is 71.3 Å². The molecule has 2 aromatic carbocycles. The van der Waals surface area contributed by atoms with Gasteiger partial charge in [-0.3, -0.25) is 0 Å². The molecule has 0 bridgehead atoms. The van der Waals surface area contributed by atoms with Crippen molar-refractivity contribution in [1.29, 1.82) is 0 Å². The van der Waals surface area contributed by atoms with E-state index in [1.54, 1.807) is 38.1 Å². The van der Waals surface area contributed by atoms with E-state index in [-0.39, 0.29) is 11.6 Å². The molecular formula is C16H18F2N2. The van der Waals surface area contributed by atoms with Gasteiger partial charge in [-0.25, -0.2) is 8.78 Å². The average Bonchev–Trinajstić information content (AvgIpc) is 2.39. The van der Waals surface area contributed by atoms with Crippen molar-refractivity contribution >= 4 is 0 Å². The molecule has 2 aromatic rings. The molecule has 0 aromatic heterocycles. The first-order valence-corrected chi connectivity index (χ1v) is 6.35. The zero-order valence-corrected chi connectivity index (χ0v) is 11.5. The average molecular weight is 276 g/mol. The summed E-state index contributed by atoms with van der Waals surface area (Å²) in [6, 6.07) is 11.9. The molecule has 0 saturated heterocycles. The number of nitrogens with two attached hydrogens (primary N) is 2. The van der Waals surface area contributed by atoms with Gasteiger partial charge in [0.15, 0.2) is 0 Å². The summed E-state index contributed by atoms with van der Waals surface area (Å²) in [5.74, 6) is -0.657. The van der Waals surface area contributed by atoms with E-state index in [4.69, 9.17) is 11.5 Å². The zero-order valence-electron chi connectivity index (χ0n) is 11.5. The fourth-order valence-electron chi connectivity index (χ4n) is 2.19. The molecule has 2 nitrogen and oxygen atoms in total. The predicted octanol–water partition coefficient (Wildman–Crippen LogP) is 3.01. The van der Waals surface area contributed by atoms with Crippen LogP contribution in [0.15, 0.2) is 48.5 Å². The molecule has 2 rings (SSSR count). The highest BCUT2D eigenvalue weighted by atomic mass is 19.1. The lowest BCUT2D eigenvalue weighted by molar-refractivity contribution is 0.268. The molecule has 0 amide bonds. The van der Waals surface area contributed by atoms with E-state index in [0.29, 0.717) is 11.1 Å². The normalized spacial score (nSPS) is 17.3. The van der Waals surface area contributed by atoms with Crippen LogP contribution in [0.1, 0.15) is 25.0 Å². The Hall–Kier alpha value is -1.78. The van der Waals surface area contributed by atoms with Gasteiger partial charge in [0.2, 0.25) is 0 Å². The third-order valence-electron chi connectivity index (χ3n) is 3.97. The fourth-order valence-corrected chi connectivity index (χ4v) is 2.19. The van der Waals surface area contributed by atoms with Crippen molar-refractivity contribution in [1.82, 2.24) is 0 Å². The van der Waals surface area contributed by atoms with Crippen molar-refractivity contribution in [2.75, 3.05) is 0 Å². The van der Waals surface area contributed by atoms with E-state index in [0.717, 1.165) is 0 Å². The Balaban J connectivity index is 2.45. The number of benzene rings is 2. The standard InChI is InChI=1S/C16H18F2N2/c1-15(19,11-3-7-13(17)8-4-11)16(2,20)12-5-9-14(18)10-6-12/h3-10H,19-20H2,1-2H3/t15-,16+. The van der Waals surface area contributed by atoms with Crippen LogP contribution in [0.5, 0.6) is 0 Å². The van der Waals surface area contributed by atoms with Crippen LogP contribution in [0.2, 0.25) is 0 Å². The van der Waals surface area contributed by atoms with E-state index in [9.17, 15) is 8.78 Å². The molecule has 0 aliphatic heterocycles. The van der Waals surface area contributed by atoms with Gasteiger partial charge in [0.25, 0.3) is 0 Å². The maximum atomic E-state index is 13.0. The van der Waals surface area contributed by atoms with Crippen LogP contribution in [0.3, 0.4) is 0 Å². The van der Waals surface area contributed by atoms with Crippen LogP contribution in [0, 0.1) is 11.6 Å². The maximum absolute atomic E-state index is 13.0. The van der Waals surface area contributed by atoms with Gasteiger partial charge in [-0.2, -0.15) is 0 Å². The summed E-state index contributed by atoms with van der Waals surface area (Å²) in [5, 5.41) is 0. The number of hydrogen-bond donors (Lipinski definition) is 2. The van der Waals surface area contributed by atoms with E-state index < -0.39 is 11.1 Å². The Morgan fingerprint density at radius 2 is 0.900 bits per heavy atom. The van der Waals surface area contributed by atoms with Gasteiger partial charge in [0.1, 0.15) is 11.6 Å². The molecule has 0 radical (unpaired) electrons. The van der Waals surface area contributed by atoms with E-state index in [2.05, 4.69) is 0 Å². The minimum absolute atomic E-state index is 0.329. The summed E-state index contributed by atoms with van der Waals surface area (Å²) in [4.78, 5) is 0. The quantitative estimate of drug-likeness (QED) is 0.905. The summed E-state index contributed by atoms with van der Waals surface area (Å²) in [6.45, 7) is 3.56. The Morgan fingerprint density at radius 3 is 1.15 bits per heavy atom. The molecule has 4 N–H and O–H groups in total. The van der Waals surface area contributed by atoms with Gasteiger partial charge in [-0.05, 0) is 49.2 Å². The molecule has 0 saturated carbocycles. The summed E-state index contributed by atoms with van der Waals surface area (Å²) in [6.07, 6.45) is 0. The van der Waals surface area contributed by atoms with Crippen LogP contribution < -0.4 is 11.5 Å². The second kappa shape index (κ2) is 4.96. The molecule has 0 unspecified atom stereocenters. The third-order valence-corrected chi connectivity index (χ3v) is 3.97. The van der Waals surface area contributed by atoms with Gasteiger partial charge in [-0.1, -0.05) is 24.3 Å². The van der Waals surface area contributed by atoms with Crippen molar-refractivity contribution in [2.24, 2.45) is 11.5 Å². The SMILES string of the molecule is C[C@](N)(c1ccc(F)cc1)[C@](C)(N)c1ccc(F)cc1. The molecule has 0 aliphatic carbocycles. The van der Waals surface area contributed by atoms with Crippen LogP contribution >= 0.6 is 0 Å². The fraction of sp³-hybridized carbons (Fsp3) is 0.250. The first kappa shape index (κ1) is 14.6. The summed E-state index contributed by atoms with van der Waals surface area (Å²) in [7, 11) is 0. The van der Waals surface area contributed by atoms with Gasteiger partial charge >= 0.3 is 0 Å². The minimum Gasteiger partial charge on any atom is -0.320 e.